The molecule has 0 aliphatic carbocycles. The minimum atomic E-state index is -5.27. The second-order valence-corrected chi connectivity index (χ2v) is 9.57. The fourth-order valence-electron chi connectivity index (χ4n) is 3.54. The van der Waals surface area contributed by atoms with E-state index in [0.717, 1.165) is 0 Å². The number of benzene rings is 3. The number of carbonyl (C=O) groups is 1. The van der Waals surface area contributed by atoms with Crippen molar-refractivity contribution in [2.45, 2.75) is 5.60 Å². The van der Waals surface area contributed by atoms with E-state index in [0.29, 0.717) is 22.3 Å². The van der Waals surface area contributed by atoms with E-state index in [4.69, 9.17) is 19.0 Å². The van der Waals surface area contributed by atoms with Gasteiger partial charge < -0.3 is 24.2 Å². The molecule has 0 radical (unpaired) electrons. The SMILES string of the molecule is O=C1OC(c2ccc(O)cc2)(c2ccc(OP(=O)(O)OP(=O)(O)O)cc2)c2ccccc21.[NaH].[NaH].[NaH].[NaH]. The predicted octanol–water partition coefficient (Wildman–Crippen LogP) is 0.849. The van der Waals surface area contributed by atoms with Gasteiger partial charge in [-0.05, 0) is 30.3 Å². The summed E-state index contributed by atoms with van der Waals surface area (Å²) in [6, 6.07) is 18.4. The zero-order valence-electron chi connectivity index (χ0n) is 16.1. The fraction of sp³-hybridized carbons (Fsp3) is 0.0500. The van der Waals surface area contributed by atoms with Crippen LogP contribution in [0.2, 0.25) is 0 Å². The number of phenols is 1. The molecule has 174 valence electrons. The topological polar surface area (TPSA) is 160 Å². The van der Waals surface area contributed by atoms with Crippen molar-refractivity contribution in [1.29, 1.82) is 0 Å². The fourth-order valence-corrected chi connectivity index (χ4v) is 5.14. The van der Waals surface area contributed by atoms with Gasteiger partial charge in [0.25, 0.3) is 0 Å². The van der Waals surface area contributed by atoms with Gasteiger partial charge in [-0.3, -0.25) is 4.89 Å². The summed E-state index contributed by atoms with van der Waals surface area (Å²) in [4.78, 5) is 39.6. The van der Waals surface area contributed by atoms with E-state index >= 15 is 0 Å². The van der Waals surface area contributed by atoms with Crippen LogP contribution in [0.1, 0.15) is 27.0 Å². The van der Waals surface area contributed by atoms with Crippen LogP contribution >= 0.6 is 15.6 Å². The van der Waals surface area contributed by atoms with Gasteiger partial charge in [0.1, 0.15) is 11.5 Å². The molecular weight excluding hydrogens is 554 g/mol. The van der Waals surface area contributed by atoms with Crippen molar-refractivity contribution in [3.05, 3.63) is 95.1 Å². The zero-order chi connectivity index (χ0) is 23.1. The summed E-state index contributed by atoms with van der Waals surface area (Å²) < 4.78 is 36.9. The van der Waals surface area contributed by atoms with Crippen LogP contribution in [0.4, 0.5) is 0 Å². The van der Waals surface area contributed by atoms with Gasteiger partial charge in [-0.15, -0.1) is 0 Å². The Kier molecular flexibility index (Phi) is 15.0. The summed E-state index contributed by atoms with van der Waals surface area (Å²) in [5.41, 5.74) is 0.542. The van der Waals surface area contributed by atoms with E-state index < -0.39 is 27.2 Å². The van der Waals surface area contributed by atoms with E-state index in [-0.39, 0.29) is 130 Å². The first kappa shape index (κ1) is 37.0. The molecule has 10 nitrogen and oxygen atoms in total. The molecule has 0 aromatic heterocycles. The number of phosphoric acid groups is 2. The third kappa shape index (κ3) is 8.27. The zero-order valence-corrected chi connectivity index (χ0v) is 17.8. The van der Waals surface area contributed by atoms with Crippen LogP contribution in [-0.4, -0.2) is 144 Å². The van der Waals surface area contributed by atoms with Crippen LogP contribution in [0.3, 0.4) is 0 Å². The molecule has 3 aromatic carbocycles. The normalized spacial score (nSPS) is 17.5. The molecule has 0 spiro atoms. The molecule has 36 heavy (non-hydrogen) atoms. The van der Waals surface area contributed by atoms with Crippen molar-refractivity contribution < 1.29 is 47.3 Å². The van der Waals surface area contributed by atoms with Gasteiger partial charge in [-0.2, -0.15) is 4.31 Å². The van der Waals surface area contributed by atoms with Crippen molar-refractivity contribution in [2.75, 3.05) is 0 Å². The summed E-state index contributed by atoms with van der Waals surface area (Å²) >= 11 is 0. The molecule has 3 aromatic rings. The molecular formula is C20H20Na4O10P2. The first-order valence-corrected chi connectivity index (χ1v) is 12.0. The van der Waals surface area contributed by atoms with Crippen LogP contribution < -0.4 is 4.52 Å². The van der Waals surface area contributed by atoms with Crippen molar-refractivity contribution in [3.63, 3.8) is 0 Å². The van der Waals surface area contributed by atoms with Gasteiger partial charge in [-0.1, -0.05) is 42.5 Å². The van der Waals surface area contributed by atoms with Crippen molar-refractivity contribution in [2.24, 2.45) is 0 Å². The molecule has 0 saturated heterocycles. The molecule has 0 saturated carbocycles. The number of fused-ring (bicyclic) bond motifs is 1. The minimum absolute atomic E-state index is 0. The van der Waals surface area contributed by atoms with Gasteiger partial charge in [0.15, 0.2) is 5.60 Å². The van der Waals surface area contributed by atoms with Crippen LogP contribution in [0.5, 0.6) is 11.5 Å². The molecule has 0 amide bonds. The third-order valence-electron chi connectivity index (χ3n) is 4.74. The number of cyclic esters (lactones) is 1. The molecule has 2 atom stereocenters. The molecule has 0 fully saturated rings. The van der Waals surface area contributed by atoms with E-state index in [1.54, 1.807) is 36.4 Å². The molecule has 16 heteroatoms. The van der Waals surface area contributed by atoms with Crippen LogP contribution in [0.25, 0.3) is 0 Å². The summed E-state index contributed by atoms with van der Waals surface area (Å²) in [5, 5.41) is 9.68. The quantitative estimate of drug-likeness (QED) is 0.189. The predicted molar refractivity (Wildman–Crippen MR) is 138 cm³/mol. The van der Waals surface area contributed by atoms with Crippen molar-refractivity contribution in [1.82, 2.24) is 0 Å². The number of phenolic OH excluding ortho intramolecular Hbond substituents is 1. The monoisotopic (exact) mass is 574 g/mol. The summed E-state index contributed by atoms with van der Waals surface area (Å²) in [6.45, 7) is 0. The number of rotatable bonds is 6. The average Bonchev–Trinajstić information content (AvgIpc) is 3.01. The number of aromatic hydroxyl groups is 1. The number of hydrogen-bond donors (Lipinski definition) is 4. The van der Waals surface area contributed by atoms with Gasteiger partial charge in [0.05, 0.1) is 5.56 Å². The third-order valence-corrected chi connectivity index (χ3v) is 6.85. The molecule has 0 bridgehead atoms. The van der Waals surface area contributed by atoms with Crippen molar-refractivity contribution >= 4 is 140 Å². The van der Waals surface area contributed by atoms with E-state index in [1.165, 1.54) is 36.4 Å². The van der Waals surface area contributed by atoms with Crippen LogP contribution in [0.15, 0.2) is 72.8 Å². The standard InChI is InChI=1S/C20H16O10P2.4Na.4H/c21-15-9-5-13(6-10-15)20(18-4-2-1-3-17(18)19(22)28-20)14-7-11-16(12-8-14)29-32(26,27)30-31(23,24)25;;;;;;;;/h1-12,21H,(H,26,27)(H2,23,24,25);;;;;;;;. The molecule has 1 heterocycles. The van der Waals surface area contributed by atoms with E-state index in [9.17, 15) is 23.9 Å². The second kappa shape index (κ2) is 14.6. The second-order valence-electron chi connectivity index (χ2n) is 6.82. The Morgan fingerprint density at radius 2 is 1.25 bits per heavy atom. The number of phosphoric ester groups is 1. The first-order valence-electron chi connectivity index (χ1n) is 9.02. The Morgan fingerprint density at radius 3 is 1.78 bits per heavy atom. The number of esters is 1. The molecule has 1 aliphatic heterocycles. The van der Waals surface area contributed by atoms with Gasteiger partial charge >= 0.3 is 140 Å². The molecule has 4 rings (SSSR count). The van der Waals surface area contributed by atoms with Crippen molar-refractivity contribution in [3.8, 4) is 11.5 Å². The Balaban J connectivity index is 0.00000306. The van der Waals surface area contributed by atoms with E-state index in [2.05, 4.69) is 4.31 Å². The number of ether oxygens (including phenoxy) is 1. The van der Waals surface area contributed by atoms with E-state index in [1.807, 2.05) is 0 Å². The Hall–Kier alpha value is 1.03. The van der Waals surface area contributed by atoms with Crippen LogP contribution in [0, 0.1) is 0 Å². The number of hydrogen-bond acceptors (Lipinski definition) is 7. The Bertz CT molecular complexity index is 1280. The van der Waals surface area contributed by atoms with Crippen LogP contribution in [-0.2, 0) is 23.8 Å². The van der Waals surface area contributed by atoms with Gasteiger partial charge in [0.2, 0.25) is 0 Å². The summed E-state index contributed by atoms with van der Waals surface area (Å²) in [7, 11) is -10.4. The van der Waals surface area contributed by atoms with Gasteiger partial charge in [0, 0.05) is 16.7 Å². The maximum absolute atomic E-state index is 12.6. The molecule has 2 unspecified atom stereocenters. The summed E-state index contributed by atoms with van der Waals surface area (Å²) in [5.74, 6) is -0.746. The molecule has 1 aliphatic rings. The molecule has 4 N–H and O–H groups in total. The average molecular weight is 574 g/mol. The first-order chi connectivity index (χ1) is 15.0. The summed E-state index contributed by atoms with van der Waals surface area (Å²) in [6.07, 6.45) is 0. The Morgan fingerprint density at radius 1 is 0.750 bits per heavy atom. The van der Waals surface area contributed by atoms with Gasteiger partial charge in [-0.25, -0.2) is 13.9 Å². The number of carbonyl (C=O) groups excluding carboxylic acids is 1. The maximum atomic E-state index is 12.6. The Labute approximate surface area is 295 Å².